The van der Waals surface area contributed by atoms with E-state index < -0.39 is 34.8 Å². The number of hydrogen-bond donors (Lipinski definition) is 3. The maximum atomic E-state index is 13.5. The molecule has 0 radical (unpaired) electrons. The van der Waals surface area contributed by atoms with Gasteiger partial charge in [0.25, 0.3) is 0 Å². The van der Waals surface area contributed by atoms with Crippen LogP contribution in [-0.2, 0) is 9.53 Å². The minimum absolute atomic E-state index is 0.278. The van der Waals surface area contributed by atoms with Gasteiger partial charge in [0, 0.05) is 13.7 Å². The smallest absolute Gasteiger partial charge is 0.335 e. The zero-order valence-electron chi connectivity index (χ0n) is 10.7. The van der Waals surface area contributed by atoms with Crippen molar-refractivity contribution >= 4 is 17.6 Å². The van der Waals surface area contributed by atoms with Crippen molar-refractivity contribution in [3.63, 3.8) is 0 Å². The summed E-state index contributed by atoms with van der Waals surface area (Å²) in [5.41, 5.74) is -1.05. The van der Waals surface area contributed by atoms with Crippen molar-refractivity contribution < 1.29 is 28.2 Å². The summed E-state index contributed by atoms with van der Waals surface area (Å²) in [4.78, 5) is 21.9. The minimum Gasteiger partial charge on any atom is -0.478 e. The highest BCUT2D eigenvalue weighted by Crippen LogP contribution is 2.20. The molecule has 0 atom stereocenters. The van der Waals surface area contributed by atoms with Gasteiger partial charge in [-0.05, 0) is 12.1 Å². The number of amides is 1. The first-order valence-electron chi connectivity index (χ1n) is 5.67. The van der Waals surface area contributed by atoms with Crippen LogP contribution in [0.2, 0.25) is 0 Å². The first kappa shape index (κ1) is 15.8. The van der Waals surface area contributed by atoms with Gasteiger partial charge in [0.15, 0.2) is 0 Å². The van der Waals surface area contributed by atoms with Crippen molar-refractivity contribution in [1.29, 1.82) is 0 Å². The Bertz CT molecular complexity index is 485. The Kier molecular flexibility index (Phi) is 5.85. The van der Waals surface area contributed by atoms with Gasteiger partial charge in [0.05, 0.1) is 18.7 Å². The Balaban J connectivity index is 2.64. The lowest BCUT2D eigenvalue weighted by atomic mass is 10.2. The standard InChI is InChI=1S/C12H14F2N2O4/c1-20-3-2-15-10(17)6-16-11-8(13)4-7(12(18)19)5-9(11)14/h4-5,16H,2-3,6H2,1H3,(H,15,17)(H,18,19). The minimum atomic E-state index is -1.44. The van der Waals surface area contributed by atoms with Gasteiger partial charge in [-0.25, -0.2) is 13.6 Å². The molecule has 0 bridgehead atoms. The lowest BCUT2D eigenvalue weighted by Crippen LogP contribution is -2.32. The molecule has 1 rings (SSSR count). The van der Waals surface area contributed by atoms with Gasteiger partial charge in [0.1, 0.15) is 17.3 Å². The van der Waals surface area contributed by atoms with E-state index in [4.69, 9.17) is 9.84 Å². The predicted octanol–water partition coefficient (Wildman–Crippen LogP) is 0.837. The van der Waals surface area contributed by atoms with Crippen molar-refractivity contribution in [2.75, 3.05) is 32.1 Å². The van der Waals surface area contributed by atoms with Gasteiger partial charge in [0.2, 0.25) is 5.91 Å². The van der Waals surface area contributed by atoms with E-state index in [-0.39, 0.29) is 13.1 Å². The lowest BCUT2D eigenvalue weighted by Gasteiger charge is -2.10. The van der Waals surface area contributed by atoms with Gasteiger partial charge in [-0.2, -0.15) is 0 Å². The molecule has 0 aromatic heterocycles. The normalized spacial score (nSPS) is 10.2. The van der Waals surface area contributed by atoms with E-state index in [0.29, 0.717) is 18.7 Å². The first-order valence-corrected chi connectivity index (χ1v) is 5.67. The Morgan fingerprint density at radius 3 is 2.40 bits per heavy atom. The van der Waals surface area contributed by atoms with Crippen LogP contribution in [0.1, 0.15) is 10.4 Å². The molecule has 0 spiro atoms. The largest absolute Gasteiger partial charge is 0.478 e. The molecule has 1 aromatic carbocycles. The fourth-order valence-corrected chi connectivity index (χ4v) is 1.39. The summed E-state index contributed by atoms with van der Waals surface area (Å²) in [5.74, 6) is -4.06. The number of carbonyl (C=O) groups is 2. The van der Waals surface area contributed by atoms with Crippen LogP contribution in [0.5, 0.6) is 0 Å². The third-order valence-corrected chi connectivity index (χ3v) is 2.34. The summed E-state index contributed by atoms with van der Waals surface area (Å²) in [5, 5.41) is 13.4. The molecule has 20 heavy (non-hydrogen) atoms. The van der Waals surface area contributed by atoms with E-state index in [2.05, 4.69) is 10.6 Å². The second kappa shape index (κ2) is 7.39. The summed E-state index contributed by atoms with van der Waals surface area (Å²) in [6.45, 7) is 0.256. The zero-order valence-corrected chi connectivity index (χ0v) is 10.7. The van der Waals surface area contributed by atoms with E-state index in [1.807, 2.05) is 0 Å². The van der Waals surface area contributed by atoms with Gasteiger partial charge in [-0.15, -0.1) is 0 Å². The highest BCUT2D eigenvalue weighted by molar-refractivity contribution is 5.88. The Morgan fingerprint density at radius 1 is 1.30 bits per heavy atom. The Hall–Kier alpha value is -2.22. The maximum Gasteiger partial charge on any atom is 0.335 e. The van der Waals surface area contributed by atoms with Crippen molar-refractivity contribution in [3.05, 3.63) is 29.3 Å². The molecule has 0 unspecified atom stereocenters. The molecule has 1 amide bonds. The van der Waals surface area contributed by atoms with E-state index in [1.165, 1.54) is 7.11 Å². The molecule has 0 fully saturated rings. The van der Waals surface area contributed by atoms with Gasteiger partial charge in [-0.1, -0.05) is 0 Å². The predicted molar refractivity (Wildman–Crippen MR) is 66.7 cm³/mol. The topological polar surface area (TPSA) is 87.7 Å². The molecule has 3 N–H and O–H groups in total. The van der Waals surface area contributed by atoms with E-state index in [1.54, 1.807) is 0 Å². The van der Waals surface area contributed by atoms with Crippen LogP contribution in [0.15, 0.2) is 12.1 Å². The summed E-state index contributed by atoms with van der Waals surface area (Å²) in [6.07, 6.45) is 0. The van der Waals surface area contributed by atoms with Crippen LogP contribution in [0.3, 0.4) is 0 Å². The van der Waals surface area contributed by atoms with Gasteiger partial charge >= 0.3 is 5.97 Å². The Morgan fingerprint density at radius 2 is 1.90 bits per heavy atom. The number of aromatic carboxylic acids is 1. The third kappa shape index (κ3) is 4.47. The van der Waals surface area contributed by atoms with Crippen LogP contribution in [0, 0.1) is 11.6 Å². The average Bonchev–Trinajstić information content (AvgIpc) is 2.37. The molecule has 1 aromatic rings. The number of carboxylic acids is 1. The number of nitrogens with one attached hydrogen (secondary N) is 2. The molecule has 0 saturated heterocycles. The molecule has 8 heteroatoms. The number of carbonyl (C=O) groups excluding carboxylic acids is 1. The monoisotopic (exact) mass is 288 g/mol. The highest BCUT2D eigenvalue weighted by atomic mass is 19.1. The van der Waals surface area contributed by atoms with Crippen LogP contribution < -0.4 is 10.6 Å². The van der Waals surface area contributed by atoms with E-state index in [0.717, 1.165) is 0 Å². The van der Waals surface area contributed by atoms with Crippen LogP contribution in [0.25, 0.3) is 0 Å². The summed E-state index contributed by atoms with van der Waals surface area (Å²) < 4.78 is 31.7. The van der Waals surface area contributed by atoms with Gasteiger partial charge < -0.3 is 20.5 Å². The second-order valence-corrected chi connectivity index (χ2v) is 3.82. The number of ether oxygens (including phenoxy) is 1. The molecule has 0 aliphatic heterocycles. The van der Waals surface area contributed by atoms with Gasteiger partial charge in [-0.3, -0.25) is 4.79 Å². The van der Waals surface area contributed by atoms with Crippen LogP contribution >= 0.6 is 0 Å². The first-order chi connectivity index (χ1) is 9.45. The molecule has 6 nitrogen and oxygen atoms in total. The summed E-state index contributed by atoms with van der Waals surface area (Å²) in [6, 6.07) is 1.35. The SMILES string of the molecule is COCCNC(=O)CNc1c(F)cc(C(=O)O)cc1F. The molecule has 110 valence electrons. The highest BCUT2D eigenvalue weighted by Gasteiger charge is 2.15. The molecular formula is C12H14F2N2O4. The fourth-order valence-electron chi connectivity index (χ4n) is 1.39. The molecule has 0 saturated carbocycles. The maximum absolute atomic E-state index is 13.5. The van der Waals surface area contributed by atoms with Crippen molar-refractivity contribution in [1.82, 2.24) is 5.32 Å². The zero-order chi connectivity index (χ0) is 15.1. The third-order valence-electron chi connectivity index (χ3n) is 2.34. The van der Waals surface area contributed by atoms with Crippen molar-refractivity contribution in [2.24, 2.45) is 0 Å². The molecule has 0 aliphatic carbocycles. The summed E-state index contributed by atoms with van der Waals surface area (Å²) in [7, 11) is 1.47. The molecule has 0 aliphatic rings. The number of benzene rings is 1. The molecular weight excluding hydrogens is 274 g/mol. The van der Waals surface area contributed by atoms with Crippen molar-refractivity contribution in [3.8, 4) is 0 Å². The summed E-state index contributed by atoms with van der Waals surface area (Å²) >= 11 is 0. The van der Waals surface area contributed by atoms with Crippen LogP contribution in [0.4, 0.5) is 14.5 Å². The van der Waals surface area contributed by atoms with Crippen LogP contribution in [-0.4, -0.2) is 43.8 Å². The fraction of sp³-hybridized carbons (Fsp3) is 0.333. The average molecular weight is 288 g/mol. The molecule has 0 heterocycles. The second-order valence-electron chi connectivity index (χ2n) is 3.82. The number of rotatable bonds is 7. The number of anilines is 1. The quantitative estimate of drug-likeness (QED) is 0.647. The number of methoxy groups -OCH3 is 1. The van der Waals surface area contributed by atoms with E-state index >= 15 is 0 Å². The van der Waals surface area contributed by atoms with E-state index in [9.17, 15) is 18.4 Å². The van der Waals surface area contributed by atoms with Crippen molar-refractivity contribution in [2.45, 2.75) is 0 Å². The number of hydrogen-bond acceptors (Lipinski definition) is 4. The number of halogens is 2. The Labute approximate surface area is 113 Å². The lowest BCUT2D eigenvalue weighted by molar-refractivity contribution is -0.119. The number of carboxylic acid groups (broad SMARTS) is 1.